The molecule has 1 aliphatic rings. The lowest BCUT2D eigenvalue weighted by Crippen LogP contribution is -2.43. The van der Waals surface area contributed by atoms with Crippen molar-refractivity contribution >= 4 is 10.8 Å². The summed E-state index contributed by atoms with van der Waals surface area (Å²) in [5.74, 6) is 0. The molecule has 1 saturated heterocycles. The summed E-state index contributed by atoms with van der Waals surface area (Å²) in [6.45, 7) is 5.88. The molecule has 2 atom stereocenters. The lowest BCUT2D eigenvalue weighted by Gasteiger charge is -2.23. The van der Waals surface area contributed by atoms with Crippen molar-refractivity contribution in [1.82, 2.24) is 5.32 Å². The Morgan fingerprint density at radius 3 is 2.11 bits per heavy atom. The fourth-order valence-electron chi connectivity index (χ4n) is 1.05. The van der Waals surface area contributed by atoms with Crippen LogP contribution in [0, 0.1) is 0 Å². The standard InChI is InChI=1S/C6H13NOS/c1-5-3-7-4-6(2)9(5)8/h5-7H,3-4H2,1-2H3/t5-,6-/m1/s1. The van der Waals surface area contributed by atoms with Gasteiger partial charge in [0.15, 0.2) is 0 Å². The molecular weight excluding hydrogens is 134 g/mol. The van der Waals surface area contributed by atoms with Crippen LogP contribution in [0.25, 0.3) is 0 Å². The SMILES string of the molecule is C[C@@H]1CNC[C@@H](C)S1=O. The lowest BCUT2D eigenvalue weighted by molar-refractivity contribution is 0.594. The predicted molar refractivity (Wildman–Crippen MR) is 39.9 cm³/mol. The molecule has 1 heterocycles. The van der Waals surface area contributed by atoms with Gasteiger partial charge in [0.1, 0.15) is 0 Å². The maximum atomic E-state index is 11.2. The fourth-order valence-corrected chi connectivity index (χ4v) is 2.41. The summed E-state index contributed by atoms with van der Waals surface area (Å²) in [5, 5.41) is 3.90. The monoisotopic (exact) mass is 147 g/mol. The molecular formula is C6H13NOS. The van der Waals surface area contributed by atoms with Gasteiger partial charge in [0.25, 0.3) is 0 Å². The van der Waals surface area contributed by atoms with Gasteiger partial charge in [-0.15, -0.1) is 0 Å². The Balaban J connectivity index is 2.52. The Bertz CT molecular complexity index is 114. The first kappa shape index (κ1) is 7.22. The molecule has 0 aromatic heterocycles. The van der Waals surface area contributed by atoms with Crippen molar-refractivity contribution in [3.05, 3.63) is 0 Å². The second-order valence-electron chi connectivity index (χ2n) is 2.61. The minimum atomic E-state index is -0.592. The van der Waals surface area contributed by atoms with Gasteiger partial charge < -0.3 is 5.32 Å². The lowest BCUT2D eigenvalue weighted by atomic mass is 10.4. The van der Waals surface area contributed by atoms with E-state index in [1.165, 1.54) is 0 Å². The minimum absolute atomic E-state index is 0.341. The molecule has 0 aliphatic carbocycles. The quantitative estimate of drug-likeness (QED) is 0.527. The van der Waals surface area contributed by atoms with Gasteiger partial charge in [0, 0.05) is 34.4 Å². The summed E-state index contributed by atoms with van der Waals surface area (Å²) in [5.41, 5.74) is 0. The van der Waals surface area contributed by atoms with Crippen LogP contribution in [0.2, 0.25) is 0 Å². The Labute approximate surface area is 58.5 Å². The largest absolute Gasteiger partial charge is 0.314 e. The Hall–Kier alpha value is 0.110. The van der Waals surface area contributed by atoms with Crippen LogP contribution in [0.3, 0.4) is 0 Å². The van der Waals surface area contributed by atoms with Gasteiger partial charge >= 0.3 is 0 Å². The van der Waals surface area contributed by atoms with E-state index < -0.39 is 10.8 Å². The van der Waals surface area contributed by atoms with Crippen molar-refractivity contribution in [2.24, 2.45) is 0 Å². The molecule has 0 unspecified atom stereocenters. The zero-order chi connectivity index (χ0) is 6.85. The van der Waals surface area contributed by atoms with Crippen LogP contribution >= 0.6 is 0 Å². The molecule has 0 amide bonds. The van der Waals surface area contributed by atoms with Crippen molar-refractivity contribution in [3.8, 4) is 0 Å². The van der Waals surface area contributed by atoms with Gasteiger partial charge in [-0.1, -0.05) is 0 Å². The maximum Gasteiger partial charge on any atom is 0.0447 e. The van der Waals surface area contributed by atoms with E-state index in [0.29, 0.717) is 10.5 Å². The molecule has 0 saturated carbocycles. The van der Waals surface area contributed by atoms with Crippen LogP contribution in [0.4, 0.5) is 0 Å². The number of rotatable bonds is 0. The van der Waals surface area contributed by atoms with E-state index in [-0.39, 0.29) is 0 Å². The highest BCUT2D eigenvalue weighted by molar-refractivity contribution is 7.86. The molecule has 1 rings (SSSR count). The Kier molecular flexibility index (Phi) is 2.24. The molecule has 0 aromatic rings. The van der Waals surface area contributed by atoms with Gasteiger partial charge in [-0.3, -0.25) is 4.21 Å². The first-order chi connectivity index (χ1) is 4.22. The average molecular weight is 147 g/mol. The zero-order valence-corrected chi connectivity index (χ0v) is 6.70. The van der Waals surface area contributed by atoms with Gasteiger partial charge in [-0.05, 0) is 13.8 Å². The van der Waals surface area contributed by atoms with E-state index in [9.17, 15) is 4.21 Å². The molecule has 1 fully saturated rings. The normalized spacial score (nSPS) is 38.9. The highest BCUT2D eigenvalue weighted by Gasteiger charge is 2.21. The van der Waals surface area contributed by atoms with Crippen LogP contribution in [0.15, 0.2) is 0 Å². The molecule has 0 bridgehead atoms. The average Bonchev–Trinajstić information content (AvgIpc) is 1.83. The molecule has 3 heteroatoms. The first-order valence-corrected chi connectivity index (χ1v) is 4.59. The summed E-state index contributed by atoms with van der Waals surface area (Å²) in [7, 11) is -0.592. The second-order valence-corrected chi connectivity index (χ2v) is 4.87. The van der Waals surface area contributed by atoms with Crippen molar-refractivity contribution in [3.63, 3.8) is 0 Å². The van der Waals surface area contributed by atoms with Crippen LogP contribution < -0.4 is 5.32 Å². The fraction of sp³-hybridized carbons (Fsp3) is 1.00. The molecule has 2 nitrogen and oxygen atoms in total. The Morgan fingerprint density at radius 2 is 1.78 bits per heavy atom. The van der Waals surface area contributed by atoms with Crippen molar-refractivity contribution in [2.45, 2.75) is 24.3 Å². The second kappa shape index (κ2) is 2.80. The number of hydrogen-bond donors (Lipinski definition) is 1. The zero-order valence-electron chi connectivity index (χ0n) is 5.89. The van der Waals surface area contributed by atoms with Gasteiger partial charge in [-0.2, -0.15) is 0 Å². The summed E-state index contributed by atoms with van der Waals surface area (Å²) < 4.78 is 11.2. The summed E-state index contributed by atoms with van der Waals surface area (Å²) in [6, 6.07) is 0. The molecule has 0 radical (unpaired) electrons. The smallest absolute Gasteiger partial charge is 0.0447 e. The predicted octanol–water partition coefficient (Wildman–Crippen LogP) is 0.115. The van der Waals surface area contributed by atoms with E-state index >= 15 is 0 Å². The van der Waals surface area contributed by atoms with E-state index in [1.807, 2.05) is 13.8 Å². The molecule has 1 aliphatic heterocycles. The summed E-state index contributed by atoms with van der Waals surface area (Å²) >= 11 is 0. The van der Waals surface area contributed by atoms with Crippen molar-refractivity contribution in [1.29, 1.82) is 0 Å². The molecule has 1 N–H and O–H groups in total. The van der Waals surface area contributed by atoms with Crippen LogP contribution in [-0.2, 0) is 10.8 Å². The van der Waals surface area contributed by atoms with Gasteiger partial charge in [-0.25, -0.2) is 0 Å². The maximum absolute atomic E-state index is 11.2. The van der Waals surface area contributed by atoms with Crippen molar-refractivity contribution < 1.29 is 4.21 Å². The molecule has 54 valence electrons. The van der Waals surface area contributed by atoms with E-state index in [2.05, 4.69) is 5.32 Å². The number of hydrogen-bond acceptors (Lipinski definition) is 2. The summed E-state index contributed by atoms with van der Waals surface area (Å²) in [6.07, 6.45) is 0. The minimum Gasteiger partial charge on any atom is -0.314 e. The highest BCUT2D eigenvalue weighted by atomic mass is 32.2. The van der Waals surface area contributed by atoms with Gasteiger partial charge in [0.2, 0.25) is 0 Å². The molecule has 9 heavy (non-hydrogen) atoms. The van der Waals surface area contributed by atoms with Gasteiger partial charge in [0.05, 0.1) is 0 Å². The molecule has 0 spiro atoms. The third kappa shape index (κ3) is 1.52. The van der Waals surface area contributed by atoms with E-state index in [4.69, 9.17) is 0 Å². The first-order valence-electron chi connectivity index (χ1n) is 3.32. The third-order valence-corrected chi connectivity index (χ3v) is 3.58. The van der Waals surface area contributed by atoms with E-state index in [0.717, 1.165) is 13.1 Å². The van der Waals surface area contributed by atoms with E-state index in [1.54, 1.807) is 0 Å². The summed E-state index contributed by atoms with van der Waals surface area (Å²) in [4.78, 5) is 0. The van der Waals surface area contributed by atoms with Crippen LogP contribution in [0.5, 0.6) is 0 Å². The number of nitrogens with one attached hydrogen (secondary N) is 1. The Morgan fingerprint density at radius 1 is 1.33 bits per heavy atom. The topological polar surface area (TPSA) is 29.1 Å². The van der Waals surface area contributed by atoms with Crippen LogP contribution in [-0.4, -0.2) is 27.8 Å². The highest BCUT2D eigenvalue weighted by Crippen LogP contribution is 2.06. The molecule has 0 aromatic carbocycles. The third-order valence-electron chi connectivity index (χ3n) is 1.66. The van der Waals surface area contributed by atoms with Crippen LogP contribution in [0.1, 0.15) is 13.8 Å². The van der Waals surface area contributed by atoms with Crippen molar-refractivity contribution in [2.75, 3.05) is 13.1 Å².